The fourth-order valence-electron chi connectivity index (χ4n) is 3.13. The molecule has 4 rings (SSSR count). The summed E-state index contributed by atoms with van der Waals surface area (Å²) in [6.07, 6.45) is 1.78. The molecular formula is C24H17ClFNO2S2. The summed E-state index contributed by atoms with van der Waals surface area (Å²) in [7, 11) is 0. The zero-order valence-electron chi connectivity index (χ0n) is 16.5. The smallest absolute Gasteiger partial charge is 0.270 e. The third kappa shape index (κ3) is 4.82. The van der Waals surface area contributed by atoms with Crippen LogP contribution in [0, 0.1) is 12.7 Å². The quantitative estimate of drug-likeness (QED) is 0.304. The highest BCUT2D eigenvalue weighted by molar-refractivity contribution is 8.27. The van der Waals surface area contributed by atoms with Crippen molar-refractivity contribution in [3.63, 3.8) is 0 Å². The van der Waals surface area contributed by atoms with Crippen LogP contribution >= 0.6 is 35.6 Å². The van der Waals surface area contributed by atoms with Gasteiger partial charge in [0.05, 0.1) is 15.6 Å². The summed E-state index contributed by atoms with van der Waals surface area (Å²) in [6, 6.07) is 19.4. The Hall–Kier alpha value is -2.67. The number of carbonyl (C=O) groups excluding carboxylic acids is 1. The van der Waals surface area contributed by atoms with E-state index in [0.29, 0.717) is 25.6 Å². The Morgan fingerprint density at radius 1 is 1.13 bits per heavy atom. The van der Waals surface area contributed by atoms with Crippen LogP contribution in [0.25, 0.3) is 6.08 Å². The maximum atomic E-state index is 14.0. The average Bonchev–Trinajstić information content (AvgIpc) is 3.01. The maximum Gasteiger partial charge on any atom is 0.270 e. The van der Waals surface area contributed by atoms with E-state index in [1.165, 1.54) is 17.8 Å². The number of rotatable bonds is 5. The Kier molecular flexibility index (Phi) is 6.41. The first kappa shape index (κ1) is 21.6. The lowest BCUT2D eigenvalue weighted by Gasteiger charge is -2.14. The molecule has 1 fully saturated rings. The average molecular weight is 470 g/mol. The van der Waals surface area contributed by atoms with Crippen LogP contribution in [-0.4, -0.2) is 10.2 Å². The number of hydrogen-bond donors (Lipinski definition) is 0. The van der Waals surface area contributed by atoms with Crippen LogP contribution in [0.4, 0.5) is 10.1 Å². The Balaban J connectivity index is 1.53. The van der Waals surface area contributed by atoms with Gasteiger partial charge in [-0.1, -0.05) is 65.9 Å². The molecule has 0 N–H and O–H groups in total. The van der Waals surface area contributed by atoms with Gasteiger partial charge >= 0.3 is 0 Å². The van der Waals surface area contributed by atoms with Gasteiger partial charge in [-0.15, -0.1) is 0 Å². The Morgan fingerprint density at radius 2 is 1.90 bits per heavy atom. The van der Waals surface area contributed by atoms with E-state index < -0.39 is 5.82 Å². The summed E-state index contributed by atoms with van der Waals surface area (Å²) in [4.78, 5) is 15.0. The molecule has 0 spiro atoms. The lowest BCUT2D eigenvalue weighted by Crippen LogP contribution is -2.27. The van der Waals surface area contributed by atoms with Crippen molar-refractivity contribution in [3.05, 3.63) is 99.2 Å². The minimum Gasteiger partial charge on any atom is -0.489 e. The van der Waals surface area contributed by atoms with Gasteiger partial charge in [-0.3, -0.25) is 9.69 Å². The number of benzene rings is 3. The molecule has 1 aliphatic heterocycles. The predicted octanol–water partition coefficient (Wildman–Crippen LogP) is 6.77. The molecule has 0 unspecified atom stereocenters. The van der Waals surface area contributed by atoms with E-state index in [2.05, 4.69) is 0 Å². The minimum atomic E-state index is -0.413. The molecule has 0 bridgehead atoms. The van der Waals surface area contributed by atoms with Gasteiger partial charge in [0.1, 0.15) is 18.2 Å². The molecule has 3 nitrogen and oxygen atoms in total. The summed E-state index contributed by atoms with van der Waals surface area (Å²) >= 11 is 12.8. The molecule has 0 saturated carbocycles. The van der Waals surface area contributed by atoms with Crippen LogP contribution in [-0.2, 0) is 11.4 Å². The first-order valence-electron chi connectivity index (χ1n) is 9.43. The summed E-state index contributed by atoms with van der Waals surface area (Å²) < 4.78 is 20.2. The van der Waals surface area contributed by atoms with Crippen LogP contribution in [0.5, 0.6) is 5.75 Å². The van der Waals surface area contributed by atoms with Gasteiger partial charge in [-0.05, 0) is 60.5 Å². The van der Waals surface area contributed by atoms with E-state index in [9.17, 15) is 9.18 Å². The molecule has 1 saturated heterocycles. The third-order valence-corrected chi connectivity index (χ3v) is 6.31. The standard InChI is InChI=1S/C24H17ClFNO2S2/c1-15-5-2-7-17(11-15)27-23(28)22(31-24(27)30)13-16-6-3-8-18(12-16)29-14-19-20(25)9-4-10-21(19)26/h2-13H,14H2,1H3/b22-13-. The van der Waals surface area contributed by atoms with Crippen LogP contribution < -0.4 is 9.64 Å². The highest BCUT2D eigenvalue weighted by Crippen LogP contribution is 2.36. The van der Waals surface area contributed by atoms with E-state index in [-0.39, 0.29) is 12.5 Å². The molecule has 3 aromatic carbocycles. The second-order valence-electron chi connectivity index (χ2n) is 6.92. The lowest BCUT2D eigenvalue weighted by molar-refractivity contribution is -0.113. The Morgan fingerprint density at radius 3 is 2.68 bits per heavy atom. The van der Waals surface area contributed by atoms with Crippen molar-refractivity contribution >= 4 is 57.6 Å². The van der Waals surface area contributed by atoms with Crippen LogP contribution in [0.15, 0.2) is 71.6 Å². The number of hydrogen-bond acceptors (Lipinski definition) is 4. The van der Waals surface area contributed by atoms with E-state index in [1.54, 1.807) is 35.2 Å². The molecule has 3 aromatic rings. The molecule has 0 atom stereocenters. The predicted molar refractivity (Wildman–Crippen MR) is 129 cm³/mol. The number of thiocarbonyl (C=S) groups is 1. The summed E-state index contributed by atoms with van der Waals surface area (Å²) in [6.45, 7) is 1.97. The number of ether oxygens (including phenoxy) is 1. The number of thioether (sulfide) groups is 1. The second-order valence-corrected chi connectivity index (χ2v) is 9.00. The fourth-order valence-corrected chi connectivity index (χ4v) is 4.65. The molecule has 0 aromatic heterocycles. The number of carbonyl (C=O) groups is 1. The molecule has 156 valence electrons. The van der Waals surface area contributed by atoms with Crippen molar-refractivity contribution in [1.29, 1.82) is 0 Å². The topological polar surface area (TPSA) is 29.5 Å². The third-order valence-electron chi connectivity index (χ3n) is 4.65. The molecular weight excluding hydrogens is 453 g/mol. The second kappa shape index (κ2) is 9.22. The van der Waals surface area contributed by atoms with E-state index in [1.807, 2.05) is 43.3 Å². The van der Waals surface area contributed by atoms with Gasteiger partial charge < -0.3 is 4.74 Å². The first-order chi connectivity index (χ1) is 14.9. The van der Waals surface area contributed by atoms with Crippen molar-refractivity contribution < 1.29 is 13.9 Å². The van der Waals surface area contributed by atoms with Crippen molar-refractivity contribution in [2.45, 2.75) is 13.5 Å². The fraction of sp³-hybridized carbons (Fsp3) is 0.0833. The number of aryl methyl sites for hydroxylation is 1. The molecule has 1 amide bonds. The van der Waals surface area contributed by atoms with Gasteiger partial charge in [0.2, 0.25) is 0 Å². The van der Waals surface area contributed by atoms with Crippen molar-refractivity contribution in [2.75, 3.05) is 4.90 Å². The summed E-state index contributed by atoms with van der Waals surface area (Å²) in [5.74, 6) is -0.0317. The monoisotopic (exact) mass is 469 g/mol. The van der Waals surface area contributed by atoms with Crippen molar-refractivity contribution in [3.8, 4) is 5.75 Å². The zero-order chi connectivity index (χ0) is 22.0. The van der Waals surface area contributed by atoms with Crippen molar-refractivity contribution in [1.82, 2.24) is 0 Å². The van der Waals surface area contributed by atoms with Gasteiger partial charge in [0.25, 0.3) is 5.91 Å². The molecule has 1 heterocycles. The van der Waals surface area contributed by atoms with Gasteiger partial charge in [0.15, 0.2) is 4.32 Å². The Bertz CT molecular complexity index is 1190. The maximum absolute atomic E-state index is 14.0. The number of anilines is 1. The van der Waals surface area contributed by atoms with Crippen LogP contribution in [0.1, 0.15) is 16.7 Å². The number of halogens is 2. The highest BCUT2D eigenvalue weighted by atomic mass is 35.5. The highest BCUT2D eigenvalue weighted by Gasteiger charge is 2.33. The SMILES string of the molecule is Cc1cccc(N2C(=O)/C(=C/c3cccc(OCc4c(F)cccc4Cl)c3)SC2=S)c1. The lowest BCUT2D eigenvalue weighted by atomic mass is 10.2. The summed E-state index contributed by atoms with van der Waals surface area (Å²) in [5.41, 5.74) is 2.88. The molecule has 7 heteroatoms. The number of nitrogens with zero attached hydrogens (tertiary/aromatic N) is 1. The van der Waals surface area contributed by atoms with Crippen LogP contribution in [0.3, 0.4) is 0 Å². The van der Waals surface area contributed by atoms with Gasteiger partial charge in [0, 0.05) is 5.56 Å². The summed E-state index contributed by atoms with van der Waals surface area (Å²) in [5, 5.41) is 0.316. The zero-order valence-corrected chi connectivity index (χ0v) is 18.9. The molecule has 31 heavy (non-hydrogen) atoms. The van der Waals surface area contributed by atoms with Crippen LogP contribution in [0.2, 0.25) is 5.02 Å². The molecule has 0 radical (unpaired) electrons. The van der Waals surface area contributed by atoms with Gasteiger partial charge in [-0.2, -0.15) is 0 Å². The number of amides is 1. The normalized spacial score (nSPS) is 15.1. The molecule has 0 aliphatic carbocycles. The van der Waals surface area contributed by atoms with E-state index in [0.717, 1.165) is 16.8 Å². The molecule has 1 aliphatic rings. The van der Waals surface area contributed by atoms with E-state index >= 15 is 0 Å². The van der Waals surface area contributed by atoms with E-state index in [4.69, 9.17) is 28.6 Å². The first-order valence-corrected chi connectivity index (χ1v) is 11.0. The Labute approximate surface area is 194 Å². The minimum absolute atomic E-state index is 0.00440. The van der Waals surface area contributed by atoms with Crippen molar-refractivity contribution in [2.24, 2.45) is 0 Å². The largest absolute Gasteiger partial charge is 0.489 e. The van der Waals surface area contributed by atoms with Gasteiger partial charge in [-0.25, -0.2) is 4.39 Å².